The molecule has 0 bridgehead atoms. The number of H-pyrrole nitrogens is 1. The Morgan fingerprint density at radius 2 is 1.86 bits per heavy atom. The van der Waals surface area contributed by atoms with E-state index >= 15 is 0 Å². The van der Waals surface area contributed by atoms with E-state index in [0.717, 1.165) is 36.1 Å². The fourth-order valence-corrected chi connectivity index (χ4v) is 4.89. The van der Waals surface area contributed by atoms with Gasteiger partial charge in [-0.2, -0.15) is 14.7 Å². The molecule has 9 heteroatoms. The van der Waals surface area contributed by atoms with Gasteiger partial charge in [0.15, 0.2) is 5.82 Å². The van der Waals surface area contributed by atoms with Crippen LogP contribution in [0.2, 0.25) is 0 Å². The van der Waals surface area contributed by atoms with Crippen LogP contribution >= 0.6 is 0 Å². The lowest BCUT2D eigenvalue weighted by atomic mass is 9.86. The van der Waals surface area contributed by atoms with E-state index in [1.54, 1.807) is 7.11 Å². The van der Waals surface area contributed by atoms with Crippen molar-refractivity contribution in [2.24, 2.45) is 0 Å². The Morgan fingerprint density at radius 3 is 2.57 bits per heavy atom. The Morgan fingerprint density at radius 1 is 1.03 bits per heavy atom. The van der Waals surface area contributed by atoms with Gasteiger partial charge in [-0.15, -0.1) is 5.10 Å². The maximum atomic E-state index is 14.1. The van der Waals surface area contributed by atoms with Gasteiger partial charge in [0.2, 0.25) is 0 Å². The smallest absolute Gasteiger partial charge is 0.284 e. The average Bonchev–Trinajstić information content (AvgIpc) is 3.35. The summed E-state index contributed by atoms with van der Waals surface area (Å²) < 4.78 is 6.82. The van der Waals surface area contributed by atoms with E-state index in [2.05, 4.69) is 37.6 Å². The molecular weight excluding hydrogens is 466 g/mol. The van der Waals surface area contributed by atoms with Crippen molar-refractivity contribution in [2.45, 2.75) is 25.2 Å². The van der Waals surface area contributed by atoms with Gasteiger partial charge in [0, 0.05) is 11.1 Å². The first kappa shape index (κ1) is 22.7. The first-order valence-corrected chi connectivity index (χ1v) is 12.2. The molecule has 0 amide bonds. The summed E-state index contributed by atoms with van der Waals surface area (Å²) in [6.45, 7) is 0. The summed E-state index contributed by atoms with van der Waals surface area (Å²) in [5.41, 5.74) is 4.42. The molecule has 0 spiro atoms. The molecule has 9 nitrogen and oxygen atoms in total. The number of aromatic nitrogens is 6. The van der Waals surface area contributed by atoms with E-state index in [0.29, 0.717) is 34.2 Å². The summed E-state index contributed by atoms with van der Waals surface area (Å²) in [4.78, 5) is 21.9. The van der Waals surface area contributed by atoms with Crippen LogP contribution in [0.3, 0.4) is 0 Å². The monoisotopic (exact) mass is 491 g/mol. The lowest BCUT2D eigenvalue weighted by Gasteiger charge is -2.19. The van der Waals surface area contributed by atoms with E-state index < -0.39 is 0 Å². The van der Waals surface area contributed by atoms with Crippen molar-refractivity contribution >= 4 is 17.3 Å². The number of rotatable bonds is 6. The van der Waals surface area contributed by atoms with Crippen molar-refractivity contribution in [2.75, 3.05) is 12.4 Å². The highest BCUT2D eigenvalue weighted by atomic mass is 16.5. The summed E-state index contributed by atoms with van der Waals surface area (Å²) in [6.07, 6.45) is 10.2. The van der Waals surface area contributed by atoms with Gasteiger partial charge in [-0.1, -0.05) is 54.6 Å². The second kappa shape index (κ2) is 9.69. The fourth-order valence-electron chi connectivity index (χ4n) is 4.89. The Kier molecular flexibility index (Phi) is 5.94. The van der Waals surface area contributed by atoms with Crippen LogP contribution in [0.4, 0.5) is 11.6 Å². The third-order valence-corrected chi connectivity index (χ3v) is 6.67. The topological polar surface area (TPSA) is 110 Å². The number of allylic oxidation sites excluding steroid dienone is 2. The van der Waals surface area contributed by atoms with Gasteiger partial charge in [0.25, 0.3) is 5.56 Å². The molecule has 2 aromatic carbocycles. The van der Waals surface area contributed by atoms with E-state index in [-0.39, 0.29) is 11.5 Å². The van der Waals surface area contributed by atoms with Crippen LogP contribution in [0.15, 0.2) is 84.1 Å². The van der Waals surface area contributed by atoms with Gasteiger partial charge in [0.05, 0.1) is 24.6 Å². The molecule has 3 aromatic heterocycles. The number of anilines is 2. The van der Waals surface area contributed by atoms with Gasteiger partial charge in [-0.3, -0.25) is 4.79 Å². The number of benzene rings is 2. The van der Waals surface area contributed by atoms with Crippen molar-refractivity contribution in [3.63, 3.8) is 0 Å². The quantitative estimate of drug-likeness (QED) is 0.317. The van der Waals surface area contributed by atoms with Gasteiger partial charge in [-0.25, -0.2) is 4.98 Å². The Balaban J connectivity index is 1.63. The molecule has 1 aliphatic carbocycles. The summed E-state index contributed by atoms with van der Waals surface area (Å²) in [6, 6.07) is 17.4. The number of hydrogen-bond acceptors (Lipinski definition) is 7. The van der Waals surface area contributed by atoms with Crippen LogP contribution in [-0.2, 0) is 0 Å². The lowest BCUT2D eigenvalue weighted by molar-refractivity contribution is 0.415. The van der Waals surface area contributed by atoms with Crippen molar-refractivity contribution in [3.8, 4) is 28.1 Å². The predicted octanol–water partition coefficient (Wildman–Crippen LogP) is 5.12. The second-order valence-electron chi connectivity index (χ2n) is 8.89. The highest BCUT2D eigenvalue weighted by Crippen LogP contribution is 2.39. The van der Waals surface area contributed by atoms with E-state index in [1.807, 2.05) is 54.6 Å². The van der Waals surface area contributed by atoms with E-state index in [4.69, 9.17) is 9.84 Å². The Hall–Kier alpha value is -4.79. The molecule has 1 aliphatic rings. The second-order valence-corrected chi connectivity index (χ2v) is 8.89. The zero-order valence-corrected chi connectivity index (χ0v) is 20.3. The molecular formula is C28H25N7O2. The van der Waals surface area contributed by atoms with Crippen LogP contribution < -0.4 is 15.6 Å². The number of ether oxygens (including phenoxy) is 1. The van der Waals surface area contributed by atoms with Gasteiger partial charge < -0.3 is 15.0 Å². The largest absolute Gasteiger partial charge is 0.497 e. The van der Waals surface area contributed by atoms with Crippen molar-refractivity contribution in [1.82, 2.24) is 29.8 Å². The highest BCUT2D eigenvalue weighted by molar-refractivity contribution is 5.81. The summed E-state index contributed by atoms with van der Waals surface area (Å²) in [5, 5.41) is 15.8. The van der Waals surface area contributed by atoms with E-state index in [9.17, 15) is 4.79 Å². The summed E-state index contributed by atoms with van der Waals surface area (Å²) >= 11 is 0. The summed E-state index contributed by atoms with van der Waals surface area (Å²) in [7, 11) is 1.61. The molecule has 0 radical (unpaired) electrons. The molecule has 6 rings (SSSR count). The summed E-state index contributed by atoms with van der Waals surface area (Å²) in [5.74, 6) is 1.91. The van der Waals surface area contributed by atoms with Crippen LogP contribution in [-0.4, -0.2) is 36.9 Å². The molecule has 184 valence electrons. The maximum Gasteiger partial charge on any atom is 0.284 e. The van der Waals surface area contributed by atoms with Crippen molar-refractivity contribution < 1.29 is 4.74 Å². The predicted molar refractivity (Wildman–Crippen MR) is 142 cm³/mol. The Bertz CT molecular complexity index is 1630. The number of hydrogen-bond donors (Lipinski definition) is 2. The maximum absolute atomic E-state index is 14.1. The first-order chi connectivity index (χ1) is 18.2. The molecule has 2 N–H and O–H groups in total. The minimum absolute atomic E-state index is 0.230. The van der Waals surface area contributed by atoms with E-state index in [1.165, 1.54) is 17.0 Å². The zero-order chi connectivity index (χ0) is 25.2. The fraction of sp³-hybridized carbons (Fsp3) is 0.179. The van der Waals surface area contributed by atoms with Crippen molar-refractivity contribution in [3.05, 3.63) is 95.2 Å². The minimum atomic E-state index is -0.238. The number of methoxy groups -OCH3 is 1. The first-order valence-electron chi connectivity index (χ1n) is 12.2. The zero-order valence-electron chi connectivity index (χ0n) is 20.3. The molecule has 1 unspecified atom stereocenters. The average molecular weight is 492 g/mol. The normalized spacial score (nSPS) is 15.1. The van der Waals surface area contributed by atoms with Gasteiger partial charge in [-0.05, 0) is 42.9 Å². The third kappa shape index (κ3) is 4.24. The molecule has 37 heavy (non-hydrogen) atoms. The van der Waals surface area contributed by atoms with Crippen LogP contribution in [0.5, 0.6) is 5.75 Å². The van der Waals surface area contributed by atoms with Crippen LogP contribution in [0.25, 0.3) is 28.0 Å². The SMILES string of the molecule is COc1ccc(-c2c(Nc3cnncn3)[nH]c3c(C4CC=CCC4)c(-c4ccccc4)nn3c2=O)cc1. The van der Waals surface area contributed by atoms with Crippen LogP contribution in [0.1, 0.15) is 30.7 Å². The van der Waals surface area contributed by atoms with Gasteiger partial charge >= 0.3 is 0 Å². The number of nitrogens with one attached hydrogen (secondary N) is 2. The van der Waals surface area contributed by atoms with Crippen LogP contribution in [0, 0.1) is 0 Å². The molecule has 5 aromatic rings. The number of fused-ring (bicyclic) bond motifs is 1. The molecule has 0 fully saturated rings. The highest BCUT2D eigenvalue weighted by Gasteiger charge is 2.27. The number of aromatic amines is 1. The number of nitrogens with zero attached hydrogens (tertiary/aromatic N) is 5. The van der Waals surface area contributed by atoms with Crippen molar-refractivity contribution in [1.29, 1.82) is 0 Å². The Labute approximate surface area is 212 Å². The molecule has 0 saturated heterocycles. The molecule has 1 atom stereocenters. The van der Waals surface area contributed by atoms with Gasteiger partial charge in [0.1, 0.15) is 23.5 Å². The molecule has 0 saturated carbocycles. The standard InChI is InChI=1S/C28H25N7O2/c1-37-21-14-12-19(13-15-21)24-26(32-22-16-30-31-17-29-22)33-27-23(18-8-4-2-5-9-18)25(34-35(27)28(24)36)20-10-6-3-7-11-20/h2-4,6-7,10-18,33H,5,8-9H2,1H3,(H,29,31,32). The minimum Gasteiger partial charge on any atom is -0.497 e. The lowest BCUT2D eigenvalue weighted by Crippen LogP contribution is -2.20. The molecule has 3 heterocycles. The molecule has 0 aliphatic heterocycles. The third-order valence-electron chi connectivity index (χ3n) is 6.67.